The minimum Gasteiger partial charge on any atom is -0.396 e. The van der Waals surface area contributed by atoms with Gasteiger partial charge in [-0.15, -0.1) is 0 Å². The van der Waals surface area contributed by atoms with Gasteiger partial charge in [0.25, 0.3) is 0 Å². The molecule has 0 saturated carbocycles. The first-order valence-corrected chi connectivity index (χ1v) is 11.3. The lowest BCUT2D eigenvalue weighted by Crippen LogP contribution is -2.50. The summed E-state index contributed by atoms with van der Waals surface area (Å²) in [5.74, 6) is 0.311. The number of allylic oxidation sites excluding steroid dienone is 8. The zero-order chi connectivity index (χ0) is 21.7. The van der Waals surface area contributed by atoms with Crippen LogP contribution < -0.4 is 10.6 Å². The first-order chi connectivity index (χ1) is 15.6. The van der Waals surface area contributed by atoms with E-state index in [4.69, 9.17) is 5.73 Å². The summed E-state index contributed by atoms with van der Waals surface area (Å²) in [6.07, 6.45) is 15.8. The molecule has 0 saturated heterocycles. The number of para-hydroxylation sites is 1. The maximum Gasteiger partial charge on any atom is 0.0941 e. The fourth-order valence-corrected chi connectivity index (χ4v) is 6.90. The van der Waals surface area contributed by atoms with E-state index in [-0.39, 0.29) is 10.8 Å². The largest absolute Gasteiger partial charge is 0.396 e. The molecule has 32 heavy (non-hydrogen) atoms. The van der Waals surface area contributed by atoms with Crippen molar-refractivity contribution >= 4 is 5.69 Å². The van der Waals surface area contributed by atoms with Crippen molar-refractivity contribution in [2.75, 3.05) is 4.90 Å². The Bertz CT molecular complexity index is 1450. The van der Waals surface area contributed by atoms with Crippen LogP contribution in [0, 0.1) is 5.41 Å². The summed E-state index contributed by atoms with van der Waals surface area (Å²) in [4.78, 5) is 2.32. The van der Waals surface area contributed by atoms with Crippen LogP contribution in [0.25, 0.3) is 0 Å². The Morgan fingerprint density at radius 3 is 2.62 bits per heavy atom. The lowest BCUT2D eigenvalue weighted by atomic mass is 9.52. The molecule has 2 heterocycles. The molecule has 154 valence electrons. The molecular weight excluding hydrogens is 388 g/mol. The van der Waals surface area contributed by atoms with Crippen molar-refractivity contribution < 1.29 is 0 Å². The predicted octanol–water partition coefficient (Wildman–Crippen LogP) is 6.13. The van der Waals surface area contributed by atoms with Crippen molar-refractivity contribution in [3.8, 4) is 0 Å². The quantitative estimate of drug-likeness (QED) is 0.527. The molecule has 2 unspecified atom stereocenters. The molecule has 3 atom stereocenters. The highest BCUT2D eigenvalue weighted by Crippen LogP contribution is 2.70. The molecule has 2 aromatic rings. The summed E-state index contributed by atoms with van der Waals surface area (Å²) in [6, 6.07) is 17.9. The number of rotatable bonds is 0. The SMILES string of the molecule is CC1=C(N)C2=C=C3C(=CC=C2)C2(c4ccccc4C4C=CC=C[C@]42C)c2ccccc2N31. The Hall–Kier alpha value is -3.74. The van der Waals surface area contributed by atoms with Gasteiger partial charge in [0.15, 0.2) is 0 Å². The van der Waals surface area contributed by atoms with E-state index in [9.17, 15) is 0 Å². The van der Waals surface area contributed by atoms with Gasteiger partial charge in [-0.25, -0.2) is 0 Å². The fourth-order valence-electron chi connectivity index (χ4n) is 6.90. The standard InChI is InChI=1S/C30H24N2/c1-19-28(31)20-10-9-15-25-27(18-20)32(19)26-16-6-5-14-24(26)30(25)23-13-4-3-11-21(23)22-12-7-8-17-29(22,30)2/h3-17,22H,31H2,1-2H3/t22?,29-,30?/m1/s1. The maximum absolute atomic E-state index is 6.58. The van der Waals surface area contributed by atoms with Gasteiger partial charge in [-0.1, -0.05) is 91.6 Å². The third-order valence-electron chi connectivity index (χ3n) is 8.24. The highest BCUT2D eigenvalue weighted by atomic mass is 15.2. The van der Waals surface area contributed by atoms with Crippen LogP contribution >= 0.6 is 0 Å². The summed E-state index contributed by atoms with van der Waals surface area (Å²) in [7, 11) is 0. The molecule has 1 spiro atoms. The van der Waals surface area contributed by atoms with Crippen molar-refractivity contribution in [3.05, 3.63) is 142 Å². The molecule has 2 aliphatic heterocycles. The molecule has 2 nitrogen and oxygen atoms in total. The first-order valence-electron chi connectivity index (χ1n) is 11.3. The van der Waals surface area contributed by atoms with Crippen LogP contribution in [0.2, 0.25) is 0 Å². The number of fused-ring (bicyclic) bond motifs is 9. The van der Waals surface area contributed by atoms with Crippen LogP contribution in [-0.2, 0) is 5.41 Å². The summed E-state index contributed by atoms with van der Waals surface area (Å²) in [6.45, 7) is 4.56. The topological polar surface area (TPSA) is 29.3 Å². The number of nitrogens with two attached hydrogens (primary N) is 1. The average molecular weight is 413 g/mol. The average Bonchev–Trinajstić information content (AvgIpc) is 2.91. The number of benzene rings is 2. The molecule has 2 aromatic carbocycles. The lowest BCUT2D eigenvalue weighted by Gasteiger charge is -2.54. The normalized spacial score (nSPS) is 30.4. The van der Waals surface area contributed by atoms with Gasteiger partial charge in [0.1, 0.15) is 0 Å². The molecule has 2 heteroatoms. The summed E-state index contributed by atoms with van der Waals surface area (Å²) in [5.41, 5.74) is 20.4. The zero-order valence-corrected chi connectivity index (χ0v) is 18.3. The Kier molecular flexibility index (Phi) is 3.21. The predicted molar refractivity (Wildman–Crippen MR) is 130 cm³/mol. The molecule has 0 aromatic heterocycles. The zero-order valence-electron chi connectivity index (χ0n) is 18.3. The molecule has 7 rings (SSSR count). The second-order valence-electron chi connectivity index (χ2n) is 9.52. The Balaban J connectivity index is 1.71. The Labute approximate surface area is 188 Å². The molecule has 3 aliphatic carbocycles. The van der Waals surface area contributed by atoms with Gasteiger partial charge in [0, 0.05) is 28.2 Å². The third kappa shape index (κ3) is 1.77. The molecular formula is C30H24N2. The van der Waals surface area contributed by atoms with E-state index in [2.05, 4.69) is 116 Å². The lowest BCUT2D eigenvalue weighted by molar-refractivity contribution is 0.283. The van der Waals surface area contributed by atoms with E-state index in [0.29, 0.717) is 5.92 Å². The van der Waals surface area contributed by atoms with Gasteiger partial charge < -0.3 is 10.6 Å². The van der Waals surface area contributed by atoms with Crippen LogP contribution in [0.5, 0.6) is 0 Å². The molecule has 0 fully saturated rings. The molecule has 0 radical (unpaired) electrons. The summed E-state index contributed by atoms with van der Waals surface area (Å²) < 4.78 is 0. The van der Waals surface area contributed by atoms with Crippen LogP contribution in [0.4, 0.5) is 5.69 Å². The van der Waals surface area contributed by atoms with E-state index in [1.54, 1.807) is 0 Å². The van der Waals surface area contributed by atoms with Gasteiger partial charge in [-0.2, -0.15) is 0 Å². The van der Waals surface area contributed by atoms with Crippen LogP contribution in [0.15, 0.2) is 125 Å². The van der Waals surface area contributed by atoms with Crippen LogP contribution in [-0.4, -0.2) is 0 Å². The first kappa shape index (κ1) is 17.9. The number of hydrogen-bond acceptors (Lipinski definition) is 2. The van der Waals surface area contributed by atoms with Crippen LogP contribution in [0.3, 0.4) is 0 Å². The Morgan fingerprint density at radius 2 is 1.75 bits per heavy atom. The van der Waals surface area contributed by atoms with Gasteiger partial charge in [0.05, 0.1) is 22.5 Å². The van der Waals surface area contributed by atoms with Crippen molar-refractivity contribution in [1.82, 2.24) is 0 Å². The highest BCUT2D eigenvalue weighted by molar-refractivity contribution is 5.83. The van der Waals surface area contributed by atoms with Gasteiger partial charge in [0.2, 0.25) is 0 Å². The minimum absolute atomic E-state index is 0.146. The van der Waals surface area contributed by atoms with Gasteiger partial charge in [-0.05, 0) is 35.8 Å². The van der Waals surface area contributed by atoms with E-state index >= 15 is 0 Å². The summed E-state index contributed by atoms with van der Waals surface area (Å²) >= 11 is 0. The smallest absolute Gasteiger partial charge is 0.0941 e. The molecule has 0 amide bonds. The molecule has 2 N–H and O–H groups in total. The number of nitrogens with zero attached hydrogens (tertiary/aromatic N) is 1. The molecule has 2 bridgehead atoms. The fraction of sp³-hybridized carbons (Fsp3) is 0.167. The van der Waals surface area contributed by atoms with E-state index < -0.39 is 0 Å². The number of hydrogen-bond donors (Lipinski definition) is 1. The van der Waals surface area contributed by atoms with Crippen LogP contribution in [0.1, 0.15) is 36.5 Å². The third-order valence-corrected chi connectivity index (χ3v) is 8.24. The van der Waals surface area contributed by atoms with Crippen molar-refractivity contribution in [3.63, 3.8) is 0 Å². The second kappa shape index (κ2) is 5.73. The van der Waals surface area contributed by atoms with E-state index in [1.807, 2.05) is 0 Å². The summed E-state index contributed by atoms with van der Waals surface area (Å²) in [5, 5.41) is 0. The molecule has 5 aliphatic rings. The van der Waals surface area contributed by atoms with Gasteiger partial charge >= 0.3 is 0 Å². The van der Waals surface area contributed by atoms with E-state index in [0.717, 1.165) is 22.7 Å². The van der Waals surface area contributed by atoms with Crippen molar-refractivity contribution in [2.24, 2.45) is 11.1 Å². The number of anilines is 1. The van der Waals surface area contributed by atoms with Crippen molar-refractivity contribution in [1.29, 1.82) is 0 Å². The van der Waals surface area contributed by atoms with E-state index in [1.165, 1.54) is 28.0 Å². The maximum atomic E-state index is 6.58. The van der Waals surface area contributed by atoms with Gasteiger partial charge in [-0.3, -0.25) is 0 Å². The van der Waals surface area contributed by atoms with Crippen molar-refractivity contribution in [2.45, 2.75) is 25.2 Å². The minimum atomic E-state index is -0.322. The Morgan fingerprint density at radius 1 is 0.969 bits per heavy atom. The second-order valence-corrected chi connectivity index (χ2v) is 9.52. The highest BCUT2D eigenvalue weighted by Gasteiger charge is 2.64. The monoisotopic (exact) mass is 412 g/mol.